The number of imidazole rings is 1. The fourth-order valence-electron chi connectivity index (χ4n) is 3.37. The zero-order chi connectivity index (χ0) is 20.2. The number of hydrogen-bond donors (Lipinski definition) is 2. The molecule has 0 fully saturated rings. The molecule has 0 aliphatic carbocycles. The summed E-state index contributed by atoms with van der Waals surface area (Å²) in [7, 11) is 0. The van der Waals surface area contributed by atoms with Gasteiger partial charge in [0.25, 0.3) is 5.91 Å². The Morgan fingerprint density at radius 2 is 1.97 bits per heavy atom. The molecule has 2 aromatic heterocycles. The van der Waals surface area contributed by atoms with Gasteiger partial charge in [0.1, 0.15) is 18.2 Å². The molecule has 0 bridgehead atoms. The lowest BCUT2D eigenvalue weighted by atomic mass is 10.0. The van der Waals surface area contributed by atoms with Crippen LogP contribution in [0.4, 0.5) is 0 Å². The number of H-pyrrole nitrogens is 1. The number of rotatable bonds is 6. The minimum Gasteiger partial charge on any atom is -0.455 e. The van der Waals surface area contributed by atoms with Crippen LogP contribution in [0.15, 0.2) is 76.5 Å². The summed E-state index contributed by atoms with van der Waals surface area (Å²) in [5.41, 5.74) is 1.90. The maximum atomic E-state index is 12.9. The number of aryl methyl sites for hydroxylation is 1. The van der Waals surface area contributed by atoms with Gasteiger partial charge in [-0.15, -0.1) is 0 Å². The Balaban J connectivity index is 1.63. The van der Waals surface area contributed by atoms with Gasteiger partial charge in [0, 0.05) is 24.1 Å². The van der Waals surface area contributed by atoms with Crippen LogP contribution in [0.3, 0.4) is 0 Å². The quantitative estimate of drug-likeness (QED) is 0.393. The highest BCUT2D eigenvalue weighted by molar-refractivity contribution is 6.05. The van der Waals surface area contributed by atoms with Gasteiger partial charge in [-0.05, 0) is 19.1 Å². The van der Waals surface area contributed by atoms with Crippen LogP contribution in [0.2, 0.25) is 0 Å². The summed E-state index contributed by atoms with van der Waals surface area (Å²) in [6.07, 6.45) is 6.45. The van der Waals surface area contributed by atoms with Crippen LogP contribution >= 0.6 is 0 Å². The van der Waals surface area contributed by atoms with Crippen molar-refractivity contribution >= 4 is 16.9 Å². The summed E-state index contributed by atoms with van der Waals surface area (Å²) in [6, 6.07) is 14.6. The Bertz CT molecular complexity index is 1200. The smallest absolute Gasteiger partial charge is 0.255 e. The molecule has 0 atom stereocenters. The molecule has 4 aromatic rings. The van der Waals surface area contributed by atoms with E-state index < -0.39 is 0 Å². The molecule has 0 aliphatic heterocycles. The summed E-state index contributed by atoms with van der Waals surface area (Å²) in [5, 5.41) is 3.34. The molecule has 0 unspecified atom stereocenters. The van der Waals surface area contributed by atoms with E-state index in [9.17, 15) is 9.59 Å². The van der Waals surface area contributed by atoms with Crippen LogP contribution in [-0.4, -0.2) is 17.4 Å². The standard InChI is InChI=1S/C23H21N3O3/c1-16-20(27)18-9-5-10-19(22(18)29-21(16)17-7-3-2-4-8-17)23(28)25-11-6-13-26-14-12-24-15-26/h2-5,7-10,12,14-15H,6,11,13H2,1H3,(H,25,28)/p+1. The molecular weight excluding hydrogens is 366 g/mol. The second-order valence-corrected chi connectivity index (χ2v) is 6.89. The summed E-state index contributed by atoms with van der Waals surface area (Å²) >= 11 is 0. The van der Waals surface area contributed by atoms with E-state index in [0.29, 0.717) is 34.4 Å². The van der Waals surface area contributed by atoms with E-state index in [1.54, 1.807) is 25.1 Å². The summed E-state index contributed by atoms with van der Waals surface area (Å²) in [5.74, 6) is 0.243. The molecule has 29 heavy (non-hydrogen) atoms. The van der Waals surface area contributed by atoms with Gasteiger partial charge in [-0.2, -0.15) is 0 Å². The third-order valence-electron chi connectivity index (χ3n) is 4.91. The molecule has 0 radical (unpaired) electrons. The number of carbonyl (C=O) groups is 1. The number of nitrogens with one attached hydrogen (secondary N) is 2. The Kier molecular flexibility index (Phi) is 5.24. The van der Waals surface area contributed by atoms with Crippen LogP contribution in [-0.2, 0) is 6.54 Å². The van der Waals surface area contributed by atoms with Gasteiger partial charge in [-0.1, -0.05) is 36.4 Å². The third kappa shape index (κ3) is 3.82. The van der Waals surface area contributed by atoms with Gasteiger partial charge >= 0.3 is 0 Å². The maximum absolute atomic E-state index is 12.9. The second kappa shape index (κ2) is 8.14. The SMILES string of the molecule is Cc1c(-c2ccccc2)oc2c(C(=O)NCCC[n+]3cc[nH]c3)cccc2c1=O. The predicted molar refractivity (Wildman–Crippen MR) is 111 cm³/mol. The molecule has 2 aromatic carbocycles. The Hall–Kier alpha value is -3.67. The van der Waals surface area contributed by atoms with Crippen LogP contribution in [0, 0.1) is 6.92 Å². The molecule has 0 spiro atoms. The molecule has 0 saturated heterocycles. The number of para-hydroxylation sites is 1. The van der Waals surface area contributed by atoms with Crippen molar-refractivity contribution < 1.29 is 13.8 Å². The number of nitrogens with zero attached hydrogens (tertiary/aromatic N) is 1. The number of benzene rings is 2. The number of carbonyl (C=O) groups excluding carboxylic acids is 1. The largest absolute Gasteiger partial charge is 0.455 e. The van der Waals surface area contributed by atoms with Crippen molar-refractivity contribution in [1.82, 2.24) is 10.3 Å². The van der Waals surface area contributed by atoms with Crippen molar-refractivity contribution in [1.29, 1.82) is 0 Å². The van der Waals surface area contributed by atoms with Crippen molar-refractivity contribution in [3.05, 3.63) is 88.6 Å². The number of aromatic nitrogens is 2. The van der Waals surface area contributed by atoms with E-state index in [1.165, 1.54) is 0 Å². The van der Waals surface area contributed by atoms with Gasteiger partial charge in [-0.25, -0.2) is 4.57 Å². The Labute approximate surface area is 167 Å². The van der Waals surface area contributed by atoms with Crippen molar-refractivity contribution in [3.8, 4) is 11.3 Å². The molecule has 2 N–H and O–H groups in total. The fraction of sp³-hybridized carbons (Fsp3) is 0.174. The molecule has 0 aliphatic rings. The highest BCUT2D eigenvalue weighted by Crippen LogP contribution is 2.27. The molecule has 2 heterocycles. The lowest BCUT2D eigenvalue weighted by molar-refractivity contribution is -0.695. The van der Waals surface area contributed by atoms with Crippen LogP contribution in [0.5, 0.6) is 0 Å². The number of fused-ring (bicyclic) bond motifs is 1. The molecule has 146 valence electrons. The van der Waals surface area contributed by atoms with Crippen LogP contribution in [0.1, 0.15) is 22.3 Å². The van der Waals surface area contributed by atoms with E-state index in [4.69, 9.17) is 4.42 Å². The minimum atomic E-state index is -0.249. The van der Waals surface area contributed by atoms with E-state index in [1.807, 2.05) is 53.6 Å². The lowest BCUT2D eigenvalue weighted by Gasteiger charge is -2.10. The first-order valence-electron chi connectivity index (χ1n) is 9.57. The lowest BCUT2D eigenvalue weighted by Crippen LogP contribution is -2.33. The normalized spacial score (nSPS) is 10.9. The fourth-order valence-corrected chi connectivity index (χ4v) is 3.37. The first kappa shape index (κ1) is 18.7. The molecule has 4 rings (SSSR count). The molecule has 6 heteroatoms. The summed E-state index contributed by atoms with van der Waals surface area (Å²) in [4.78, 5) is 28.7. The minimum absolute atomic E-state index is 0.122. The van der Waals surface area contributed by atoms with Gasteiger partial charge in [0.2, 0.25) is 6.33 Å². The predicted octanol–water partition coefficient (Wildman–Crippen LogP) is 3.20. The van der Waals surface area contributed by atoms with Gasteiger partial charge in [0.05, 0.1) is 17.5 Å². The average Bonchev–Trinajstić information content (AvgIpc) is 3.27. The van der Waals surface area contributed by atoms with E-state index in [-0.39, 0.29) is 11.3 Å². The van der Waals surface area contributed by atoms with Crippen molar-refractivity contribution in [2.75, 3.05) is 6.54 Å². The monoisotopic (exact) mass is 388 g/mol. The zero-order valence-electron chi connectivity index (χ0n) is 16.1. The molecular formula is C23H22N3O3+. The van der Waals surface area contributed by atoms with E-state index in [2.05, 4.69) is 10.3 Å². The van der Waals surface area contributed by atoms with Crippen LogP contribution < -0.4 is 15.3 Å². The first-order chi connectivity index (χ1) is 14.1. The number of aromatic amines is 1. The molecule has 6 nitrogen and oxygen atoms in total. The highest BCUT2D eigenvalue weighted by Gasteiger charge is 2.18. The average molecular weight is 388 g/mol. The molecule has 1 amide bonds. The summed E-state index contributed by atoms with van der Waals surface area (Å²) in [6.45, 7) is 3.07. The summed E-state index contributed by atoms with van der Waals surface area (Å²) < 4.78 is 8.12. The first-order valence-corrected chi connectivity index (χ1v) is 9.57. The van der Waals surface area contributed by atoms with Gasteiger partial charge < -0.3 is 9.73 Å². The van der Waals surface area contributed by atoms with Crippen LogP contribution in [0.25, 0.3) is 22.3 Å². The van der Waals surface area contributed by atoms with Crippen molar-refractivity contribution in [3.63, 3.8) is 0 Å². The van der Waals surface area contributed by atoms with Gasteiger partial charge in [-0.3, -0.25) is 14.6 Å². The number of amides is 1. The van der Waals surface area contributed by atoms with Gasteiger partial charge in [0.15, 0.2) is 11.0 Å². The maximum Gasteiger partial charge on any atom is 0.255 e. The zero-order valence-corrected chi connectivity index (χ0v) is 16.1. The highest BCUT2D eigenvalue weighted by atomic mass is 16.3. The van der Waals surface area contributed by atoms with E-state index >= 15 is 0 Å². The topological polar surface area (TPSA) is 79.0 Å². The number of hydrogen-bond acceptors (Lipinski definition) is 3. The molecule has 0 saturated carbocycles. The third-order valence-corrected chi connectivity index (χ3v) is 4.91. The van der Waals surface area contributed by atoms with E-state index in [0.717, 1.165) is 18.5 Å². The Morgan fingerprint density at radius 3 is 2.72 bits per heavy atom. The Morgan fingerprint density at radius 1 is 1.14 bits per heavy atom. The van der Waals surface area contributed by atoms with Crippen molar-refractivity contribution in [2.45, 2.75) is 19.9 Å². The second-order valence-electron chi connectivity index (χ2n) is 6.89. The van der Waals surface area contributed by atoms with Crippen molar-refractivity contribution in [2.24, 2.45) is 0 Å².